The fourth-order valence-electron chi connectivity index (χ4n) is 3.29. The van der Waals surface area contributed by atoms with Crippen molar-refractivity contribution in [3.8, 4) is 0 Å². The zero-order chi connectivity index (χ0) is 16.0. The molecule has 0 aromatic rings. The van der Waals surface area contributed by atoms with Crippen molar-refractivity contribution < 1.29 is 4.79 Å². The maximum atomic E-state index is 12.6. The van der Waals surface area contributed by atoms with Crippen LogP contribution >= 0.6 is 0 Å². The molecule has 3 atom stereocenters. The van der Waals surface area contributed by atoms with Gasteiger partial charge >= 0.3 is 0 Å². The highest BCUT2D eigenvalue weighted by Crippen LogP contribution is 2.31. The van der Waals surface area contributed by atoms with Gasteiger partial charge in [-0.05, 0) is 43.4 Å². The lowest BCUT2D eigenvalue weighted by Gasteiger charge is -2.36. The zero-order valence-electron chi connectivity index (χ0n) is 15.0. The van der Waals surface area contributed by atoms with Crippen LogP contribution in [0.1, 0.15) is 67.2 Å². The summed E-state index contributed by atoms with van der Waals surface area (Å²) < 4.78 is 0. The highest BCUT2D eigenvalue weighted by molar-refractivity contribution is 5.81. The van der Waals surface area contributed by atoms with E-state index in [2.05, 4.69) is 37.8 Å². The van der Waals surface area contributed by atoms with Crippen LogP contribution in [0.4, 0.5) is 0 Å². The molecule has 2 nitrogen and oxygen atoms in total. The summed E-state index contributed by atoms with van der Waals surface area (Å²) in [5, 5.41) is 0. The Morgan fingerprint density at radius 1 is 1.29 bits per heavy atom. The van der Waals surface area contributed by atoms with Gasteiger partial charge in [-0.25, -0.2) is 0 Å². The van der Waals surface area contributed by atoms with Gasteiger partial charge in [0.05, 0.1) is 0 Å². The molecule has 0 fully saturated rings. The van der Waals surface area contributed by atoms with Gasteiger partial charge in [0.2, 0.25) is 5.91 Å². The molecule has 0 bridgehead atoms. The highest BCUT2D eigenvalue weighted by Gasteiger charge is 2.30. The number of hydrogen-bond donors (Lipinski definition) is 0. The summed E-state index contributed by atoms with van der Waals surface area (Å²) in [7, 11) is 0. The van der Waals surface area contributed by atoms with Crippen LogP contribution in [0.15, 0.2) is 12.2 Å². The van der Waals surface area contributed by atoms with E-state index in [0.717, 1.165) is 25.4 Å². The SMILES string of the molecule is CCCN(CC(C)C(C)C1CC=CCC1)C(=O)C(C)(C)C. The quantitative estimate of drug-likeness (QED) is 0.638. The van der Waals surface area contributed by atoms with E-state index in [1.165, 1.54) is 19.3 Å². The van der Waals surface area contributed by atoms with Crippen molar-refractivity contribution >= 4 is 5.91 Å². The zero-order valence-corrected chi connectivity index (χ0v) is 15.0. The number of allylic oxidation sites excluding steroid dienone is 2. The van der Waals surface area contributed by atoms with E-state index >= 15 is 0 Å². The van der Waals surface area contributed by atoms with Crippen LogP contribution in [0.2, 0.25) is 0 Å². The molecule has 2 heteroatoms. The highest BCUT2D eigenvalue weighted by atomic mass is 16.2. The molecule has 1 amide bonds. The summed E-state index contributed by atoms with van der Waals surface area (Å²) in [6, 6.07) is 0. The molecule has 1 rings (SSSR count). The van der Waals surface area contributed by atoms with Crippen LogP contribution in [0.3, 0.4) is 0 Å². The number of carbonyl (C=O) groups is 1. The van der Waals surface area contributed by atoms with Gasteiger partial charge in [-0.15, -0.1) is 0 Å². The first-order valence-corrected chi connectivity index (χ1v) is 8.71. The molecule has 21 heavy (non-hydrogen) atoms. The first-order chi connectivity index (χ1) is 9.77. The Bertz CT molecular complexity index is 353. The van der Waals surface area contributed by atoms with Crippen molar-refractivity contribution in [3.05, 3.63) is 12.2 Å². The summed E-state index contributed by atoms with van der Waals surface area (Å²) in [5.41, 5.74) is -0.272. The second kappa shape index (κ2) is 8.00. The molecule has 3 unspecified atom stereocenters. The van der Waals surface area contributed by atoms with E-state index < -0.39 is 0 Å². The van der Waals surface area contributed by atoms with E-state index in [1.807, 2.05) is 20.8 Å². The monoisotopic (exact) mass is 293 g/mol. The fourth-order valence-corrected chi connectivity index (χ4v) is 3.29. The minimum Gasteiger partial charge on any atom is -0.342 e. The molecule has 0 radical (unpaired) electrons. The number of rotatable bonds is 6. The predicted octanol–water partition coefficient (Wildman–Crippen LogP) is 4.90. The summed E-state index contributed by atoms with van der Waals surface area (Å²) in [6.07, 6.45) is 9.42. The molecule has 0 saturated carbocycles. The van der Waals surface area contributed by atoms with Crippen LogP contribution in [0.25, 0.3) is 0 Å². The van der Waals surface area contributed by atoms with E-state index in [0.29, 0.717) is 17.7 Å². The van der Waals surface area contributed by atoms with Crippen molar-refractivity contribution in [3.63, 3.8) is 0 Å². The van der Waals surface area contributed by atoms with Crippen LogP contribution < -0.4 is 0 Å². The predicted molar refractivity (Wildman–Crippen MR) is 91.1 cm³/mol. The molecule has 0 saturated heterocycles. The van der Waals surface area contributed by atoms with Crippen molar-refractivity contribution in [2.75, 3.05) is 13.1 Å². The minimum absolute atomic E-state index is 0.272. The molecule has 0 aromatic carbocycles. The van der Waals surface area contributed by atoms with Gasteiger partial charge in [-0.3, -0.25) is 4.79 Å². The smallest absolute Gasteiger partial charge is 0.227 e. The Labute approximate surface area is 132 Å². The molecular weight excluding hydrogens is 258 g/mol. The Morgan fingerprint density at radius 3 is 2.43 bits per heavy atom. The Morgan fingerprint density at radius 2 is 1.95 bits per heavy atom. The van der Waals surface area contributed by atoms with Crippen LogP contribution in [0, 0.1) is 23.2 Å². The Kier molecular flexibility index (Phi) is 6.96. The number of amides is 1. The summed E-state index contributed by atoms with van der Waals surface area (Å²) in [5.74, 6) is 2.34. The first-order valence-electron chi connectivity index (χ1n) is 8.71. The molecular formula is C19H35NO. The summed E-state index contributed by atoms with van der Waals surface area (Å²) >= 11 is 0. The molecule has 1 aliphatic rings. The van der Waals surface area contributed by atoms with Crippen molar-refractivity contribution in [1.29, 1.82) is 0 Å². The molecule has 122 valence electrons. The van der Waals surface area contributed by atoms with Gasteiger partial charge in [0.1, 0.15) is 0 Å². The van der Waals surface area contributed by atoms with Crippen LogP contribution in [-0.2, 0) is 4.79 Å². The Hall–Kier alpha value is -0.790. The van der Waals surface area contributed by atoms with Gasteiger partial charge in [0, 0.05) is 18.5 Å². The standard InChI is InChI=1S/C19H35NO/c1-7-13-20(18(21)19(4,5)6)14-15(2)16(3)17-11-9-8-10-12-17/h8-9,15-17H,7,10-14H2,1-6H3. The first kappa shape index (κ1) is 18.3. The van der Waals surface area contributed by atoms with E-state index in [9.17, 15) is 4.79 Å². The topological polar surface area (TPSA) is 20.3 Å². The lowest BCUT2D eigenvalue weighted by atomic mass is 9.77. The maximum Gasteiger partial charge on any atom is 0.227 e. The van der Waals surface area contributed by atoms with Crippen LogP contribution in [-0.4, -0.2) is 23.9 Å². The molecule has 0 N–H and O–H groups in total. The van der Waals surface area contributed by atoms with Crippen molar-refractivity contribution in [1.82, 2.24) is 4.90 Å². The number of nitrogens with zero attached hydrogens (tertiary/aromatic N) is 1. The third kappa shape index (κ3) is 5.48. The Balaban J connectivity index is 2.65. The largest absolute Gasteiger partial charge is 0.342 e. The summed E-state index contributed by atoms with van der Waals surface area (Å²) in [6.45, 7) is 14.7. The summed E-state index contributed by atoms with van der Waals surface area (Å²) in [4.78, 5) is 14.7. The minimum atomic E-state index is -0.272. The van der Waals surface area contributed by atoms with Gasteiger partial charge in [0.15, 0.2) is 0 Å². The van der Waals surface area contributed by atoms with Crippen molar-refractivity contribution in [2.24, 2.45) is 23.2 Å². The molecule has 1 aliphatic carbocycles. The molecule has 0 aromatic heterocycles. The molecule has 0 spiro atoms. The van der Waals surface area contributed by atoms with Gasteiger partial charge < -0.3 is 4.90 Å². The second-order valence-electron chi connectivity index (χ2n) is 7.88. The third-order valence-corrected chi connectivity index (χ3v) is 4.88. The third-order valence-electron chi connectivity index (χ3n) is 4.88. The van der Waals surface area contributed by atoms with E-state index in [1.54, 1.807) is 0 Å². The average Bonchev–Trinajstić information content (AvgIpc) is 2.45. The van der Waals surface area contributed by atoms with E-state index in [-0.39, 0.29) is 5.41 Å². The molecule has 0 heterocycles. The van der Waals surface area contributed by atoms with Gasteiger partial charge in [-0.2, -0.15) is 0 Å². The molecule has 0 aliphatic heterocycles. The normalized spacial score (nSPS) is 21.9. The van der Waals surface area contributed by atoms with Crippen molar-refractivity contribution in [2.45, 2.75) is 67.2 Å². The van der Waals surface area contributed by atoms with Gasteiger partial charge in [-0.1, -0.05) is 53.7 Å². The van der Waals surface area contributed by atoms with Gasteiger partial charge in [0.25, 0.3) is 0 Å². The van der Waals surface area contributed by atoms with E-state index in [4.69, 9.17) is 0 Å². The average molecular weight is 293 g/mol. The number of hydrogen-bond acceptors (Lipinski definition) is 1. The lowest BCUT2D eigenvalue weighted by Crippen LogP contribution is -2.43. The maximum absolute atomic E-state index is 12.6. The fraction of sp³-hybridized carbons (Fsp3) is 0.842. The van der Waals surface area contributed by atoms with Crippen LogP contribution in [0.5, 0.6) is 0 Å². The second-order valence-corrected chi connectivity index (χ2v) is 7.88. The number of carbonyl (C=O) groups excluding carboxylic acids is 1. The lowest BCUT2D eigenvalue weighted by molar-refractivity contribution is -0.140.